The first kappa shape index (κ1) is 19.2. The average molecular weight is 384 g/mol. The Morgan fingerprint density at radius 2 is 1.92 bits per heavy atom. The fraction of sp³-hybridized carbons (Fsp3) is 0.250. The lowest BCUT2D eigenvalue weighted by Gasteiger charge is -2.24. The van der Waals surface area contributed by atoms with Gasteiger partial charge < -0.3 is 5.32 Å². The zero-order chi connectivity index (χ0) is 17.3. The number of hydrogen-bond acceptors (Lipinski definition) is 5. The third-order valence-electron chi connectivity index (χ3n) is 4.02. The number of hydrogen-bond donors (Lipinski definition) is 1. The minimum Gasteiger partial charge on any atom is -0.311 e. The third-order valence-corrected chi connectivity index (χ3v) is 5.97. The maximum absolute atomic E-state index is 13.2. The SMILES string of the molecule is Cc1ccc([N+](=O)[O-])cc1S(=O)(=O)N1CCNCc2ccccc21.Cl. The van der Waals surface area contributed by atoms with Gasteiger partial charge in [0.25, 0.3) is 15.7 Å². The van der Waals surface area contributed by atoms with Gasteiger partial charge >= 0.3 is 0 Å². The molecule has 7 nitrogen and oxygen atoms in total. The molecule has 0 fully saturated rings. The van der Waals surface area contributed by atoms with Crippen LogP contribution in [0.3, 0.4) is 0 Å². The van der Waals surface area contributed by atoms with Crippen LogP contribution in [0, 0.1) is 17.0 Å². The molecule has 134 valence electrons. The number of aryl methyl sites for hydroxylation is 1. The predicted octanol–water partition coefficient (Wildman–Crippen LogP) is 2.62. The van der Waals surface area contributed by atoms with Crippen molar-refractivity contribution >= 4 is 33.8 Å². The second-order valence-corrected chi connectivity index (χ2v) is 7.42. The molecule has 1 aliphatic rings. The lowest BCUT2D eigenvalue weighted by atomic mass is 10.2. The van der Waals surface area contributed by atoms with Gasteiger partial charge in [-0.25, -0.2) is 8.42 Å². The van der Waals surface area contributed by atoms with Crippen molar-refractivity contribution in [1.82, 2.24) is 5.32 Å². The van der Waals surface area contributed by atoms with Crippen LogP contribution in [0.15, 0.2) is 47.4 Å². The largest absolute Gasteiger partial charge is 0.311 e. The van der Waals surface area contributed by atoms with Crippen LogP contribution in [-0.2, 0) is 16.6 Å². The van der Waals surface area contributed by atoms with Crippen LogP contribution in [0.1, 0.15) is 11.1 Å². The third kappa shape index (κ3) is 3.60. The molecule has 25 heavy (non-hydrogen) atoms. The van der Waals surface area contributed by atoms with Gasteiger partial charge in [-0.2, -0.15) is 0 Å². The highest BCUT2D eigenvalue weighted by Gasteiger charge is 2.30. The highest BCUT2D eigenvalue weighted by molar-refractivity contribution is 7.92. The van der Waals surface area contributed by atoms with Gasteiger partial charge in [-0.05, 0) is 24.1 Å². The van der Waals surface area contributed by atoms with Gasteiger partial charge in [0, 0.05) is 31.8 Å². The van der Waals surface area contributed by atoms with Crippen LogP contribution in [-0.4, -0.2) is 26.4 Å². The Morgan fingerprint density at radius 1 is 1.20 bits per heavy atom. The quantitative estimate of drug-likeness (QED) is 0.649. The molecule has 2 aromatic carbocycles. The Bertz CT molecular complexity index is 902. The normalized spacial score (nSPS) is 14.2. The van der Waals surface area contributed by atoms with E-state index in [4.69, 9.17) is 0 Å². The van der Waals surface area contributed by atoms with Crippen LogP contribution >= 0.6 is 12.4 Å². The Morgan fingerprint density at radius 3 is 2.64 bits per heavy atom. The number of rotatable bonds is 3. The summed E-state index contributed by atoms with van der Waals surface area (Å²) in [5, 5.41) is 14.2. The number of nitro benzene ring substituents is 1. The topological polar surface area (TPSA) is 92.5 Å². The molecule has 0 saturated carbocycles. The van der Waals surface area contributed by atoms with E-state index in [1.54, 1.807) is 19.1 Å². The van der Waals surface area contributed by atoms with Crippen molar-refractivity contribution in [2.45, 2.75) is 18.4 Å². The molecule has 0 saturated heterocycles. The van der Waals surface area contributed by atoms with Gasteiger partial charge in [0.1, 0.15) is 0 Å². The number of halogens is 1. The molecule has 0 radical (unpaired) electrons. The standard InChI is InChI=1S/C16H17N3O4S.ClH/c1-12-6-7-14(19(20)21)10-16(12)24(22,23)18-9-8-17-11-13-4-2-3-5-15(13)18;/h2-7,10,17H,8-9,11H2,1H3;1H. The number of nitrogens with zero attached hydrogens (tertiary/aromatic N) is 2. The van der Waals surface area contributed by atoms with E-state index in [0.717, 1.165) is 11.6 Å². The zero-order valence-corrected chi connectivity index (χ0v) is 15.1. The predicted molar refractivity (Wildman–Crippen MR) is 97.8 cm³/mol. The molecule has 1 aliphatic heterocycles. The first-order valence-corrected chi connectivity index (χ1v) is 8.91. The van der Waals surface area contributed by atoms with E-state index < -0.39 is 14.9 Å². The first-order valence-electron chi connectivity index (χ1n) is 7.47. The summed E-state index contributed by atoms with van der Waals surface area (Å²) in [6.07, 6.45) is 0. The number of nitrogens with one attached hydrogen (secondary N) is 1. The molecule has 0 aromatic heterocycles. The van der Waals surface area contributed by atoms with Gasteiger partial charge in [-0.15, -0.1) is 12.4 Å². The van der Waals surface area contributed by atoms with Crippen LogP contribution < -0.4 is 9.62 Å². The molecule has 2 aromatic rings. The van der Waals surface area contributed by atoms with Crippen LogP contribution in [0.5, 0.6) is 0 Å². The Kier molecular flexibility index (Phi) is 5.66. The second-order valence-electron chi connectivity index (χ2n) is 5.59. The van der Waals surface area contributed by atoms with Crippen molar-refractivity contribution in [1.29, 1.82) is 0 Å². The van der Waals surface area contributed by atoms with Crippen molar-refractivity contribution in [3.63, 3.8) is 0 Å². The Hall–Kier alpha value is -2.16. The van der Waals surface area contributed by atoms with E-state index in [0.29, 0.717) is 24.3 Å². The van der Waals surface area contributed by atoms with E-state index in [1.807, 2.05) is 12.1 Å². The van der Waals surface area contributed by atoms with Crippen LogP contribution in [0.25, 0.3) is 0 Å². The molecule has 9 heteroatoms. The van der Waals surface area contributed by atoms with Gasteiger partial charge in [0.05, 0.1) is 15.5 Å². The number of nitro groups is 1. The van der Waals surface area contributed by atoms with Crippen molar-refractivity contribution in [2.75, 3.05) is 17.4 Å². The minimum absolute atomic E-state index is 0. The highest BCUT2D eigenvalue weighted by atomic mass is 35.5. The van der Waals surface area contributed by atoms with E-state index in [9.17, 15) is 18.5 Å². The number of benzene rings is 2. The lowest BCUT2D eigenvalue weighted by Crippen LogP contribution is -2.35. The second kappa shape index (κ2) is 7.38. The van der Waals surface area contributed by atoms with E-state index in [1.165, 1.54) is 16.4 Å². The summed E-state index contributed by atoms with van der Waals surface area (Å²) in [5.74, 6) is 0. The van der Waals surface area contributed by atoms with E-state index in [-0.39, 0.29) is 29.5 Å². The van der Waals surface area contributed by atoms with Gasteiger partial charge in [0.2, 0.25) is 0 Å². The van der Waals surface area contributed by atoms with Gasteiger partial charge in [-0.3, -0.25) is 14.4 Å². The molecule has 0 unspecified atom stereocenters. The van der Waals surface area contributed by atoms with Crippen molar-refractivity contribution in [2.24, 2.45) is 0 Å². The number of non-ortho nitro benzene ring substituents is 1. The van der Waals surface area contributed by atoms with Crippen molar-refractivity contribution < 1.29 is 13.3 Å². The molecule has 0 atom stereocenters. The average Bonchev–Trinajstić information content (AvgIpc) is 2.77. The zero-order valence-electron chi connectivity index (χ0n) is 13.5. The molecular formula is C16H18ClN3O4S. The minimum atomic E-state index is -3.90. The maximum Gasteiger partial charge on any atom is 0.270 e. The summed E-state index contributed by atoms with van der Waals surface area (Å²) in [6, 6.07) is 11.2. The monoisotopic (exact) mass is 383 g/mol. The van der Waals surface area contributed by atoms with Crippen LogP contribution in [0.4, 0.5) is 11.4 Å². The Labute approximate surface area is 152 Å². The number of para-hydroxylation sites is 1. The van der Waals surface area contributed by atoms with Gasteiger partial charge in [0.15, 0.2) is 0 Å². The van der Waals surface area contributed by atoms with Crippen molar-refractivity contribution in [3.8, 4) is 0 Å². The molecule has 1 heterocycles. The summed E-state index contributed by atoms with van der Waals surface area (Å²) in [5.41, 5.74) is 1.73. The number of sulfonamides is 1. The van der Waals surface area contributed by atoms with Crippen molar-refractivity contribution in [3.05, 3.63) is 63.7 Å². The molecule has 3 rings (SSSR count). The summed E-state index contributed by atoms with van der Waals surface area (Å²) < 4.78 is 27.7. The smallest absolute Gasteiger partial charge is 0.270 e. The number of fused-ring (bicyclic) bond motifs is 1. The number of anilines is 1. The molecular weight excluding hydrogens is 366 g/mol. The van der Waals surface area contributed by atoms with Crippen LogP contribution in [0.2, 0.25) is 0 Å². The molecule has 0 aliphatic carbocycles. The summed E-state index contributed by atoms with van der Waals surface area (Å²) in [6.45, 7) is 2.98. The summed E-state index contributed by atoms with van der Waals surface area (Å²) in [4.78, 5) is 10.4. The van der Waals surface area contributed by atoms with Gasteiger partial charge in [-0.1, -0.05) is 24.3 Å². The fourth-order valence-corrected chi connectivity index (χ4v) is 4.53. The highest BCUT2D eigenvalue weighted by Crippen LogP contribution is 2.31. The first-order chi connectivity index (χ1) is 11.4. The summed E-state index contributed by atoms with van der Waals surface area (Å²) in [7, 11) is -3.90. The Balaban J connectivity index is 0.00000225. The molecule has 0 amide bonds. The molecule has 1 N–H and O–H groups in total. The lowest BCUT2D eigenvalue weighted by molar-refractivity contribution is -0.385. The summed E-state index contributed by atoms with van der Waals surface area (Å²) >= 11 is 0. The molecule has 0 bridgehead atoms. The van der Waals surface area contributed by atoms with E-state index in [2.05, 4.69) is 5.32 Å². The molecule has 0 spiro atoms. The maximum atomic E-state index is 13.2. The van der Waals surface area contributed by atoms with E-state index >= 15 is 0 Å². The fourth-order valence-electron chi connectivity index (χ4n) is 2.78.